The van der Waals surface area contributed by atoms with Gasteiger partial charge < -0.3 is 0 Å². The monoisotopic (exact) mass is 296 g/mol. The number of thiophene rings is 1. The van der Waals surface area contributed by atoms with Crippen LogP contribution in [0.3, 0.4) is 0 Å². The van der Waals surface area contributed by atoms with Crippen molar-refractivity contribution in [1.82, 2.24) is 9.97 Å². The van der Waals surface area contributed by atoms with E-state index in [1.165, 1.54) is 11.3 Å². The summed E-state index contributed by atoms with van der Waals surface area (Å²) in [5.41, 5.74) is 1.55. The van der Waals surface area contributed by atoms with E-state index in [0.29, 0.717) is 15.2 Å². The van der Waals surface area contributed by atoms with Crippen LogP contribution in [0.2, 0.25) is 10.3 Å². The van der Waals surface area contributed by atoms with Crippen molar-refractivity contribution in [3.8, 4) is 11.1 Å². The van der Waals surface area contributed by atoms with Crippen molar-refractivity contribution in [1.29, 1.82) is 0 Å². The summed E-state index contributed by atoms with van der Waals surface area (Å²) in [6, 6.07) is 7.33. The van der Waals surface area contributed by atoms with Gasteiger partial charge in [0.15, 0.2) is 0 Å². The van der Waals surface area contributed by atoms with Crippen LogP contribution in [0.1, 0.15) is 0 Å². The number of rotatable bonds is 1. The second-order valence-corrected chi connectivity index (χ2v) is 5.35. The minimum Gasteiger partial charge on any atom is -0.297 e. The maximum atomic E-state index is 11.9. The van der Waals surface area contributed by atoms with Crippen LogP contribution in [0.25, 0.3) is 21.3 Å². The molecule has 2 heterocycles. The Morgan fingerprint density at radius 2 is 1.89 bits per heavy atom. The zero-order chi connectivity index (χ0) is 12.7. The highest BCUT2D eigenvalue weighted by molar-refractivity contribution is 7.17. The Morgan fingerprint density at radius 1 is 1.17 bits per heavy atom. The average Bonchev–Trinajstić information content (AvgIpc) is 2.74. The maximum absolute atomic E-state index is 11.9. The summed E-state index contributed by atoms with van der Waals surface area (Å²) in [4.78, 5) is 19.2. The molecule has 0 spiro atoms. The Balaban J connectivity index is 2.30. The lowest BCUT2D eigenvalue weighted by Gasteiger charge is -1.99. The van der Waals surface area contributed by atoms with Crippen molar-refractivity contribution >= 4 is 44.8 Å². The molecule has 0 saturated carbocycles. The SMILES string of the molecule is O=c1[nH]c(Cl)nc2scc(-c3ccc(Cl)cc3)c12. The van der Waals surface area contributed by atoms with Gasteiger partial charge in [-0.2, -0.15) is 0 Å². The van der Waals surface area contributed by atoms with Crippen LogP contribution in [0.15, 0.2) is 34.4 Å². The van der Waals surface area contributed by atoms with Gasteiger partial charge in [0.25, 0.3) is 5.56 Å². The molecule has 3 nitrogen and oxygen atoms in total. The molecule has 0 atom stereocenters. The van der Waals surface area contributed by atoms with Gasteiger partial charge in [-0.15, -0.1) is 11.3 Å². The lowest BCUT2D eigenvalue weighted by molar-refractivity contribution is 1.18. The van der Waals surface area contributed by atoms with E-state index in [0.717, 1.165) is 11.1 Å². The molecule has 0 bridgehead atoms. The maximum Gasteiger partial charge on any atom is 0.261 e. The molecule has 2 aromatic heterocycles. The molecule has 3 rings (SSSR count). The van der Waals surface area contributed by atoms with Crippen LogP contribution < -0.4 is 5.56 Å². The Bertz CT molecular complexity index is 777. The van der Waals surface area contributed by atoms with Gasteiger partial charge in [0, 0.05) is 16.0 Å². The fourth-order valence-corrected chi connectivity index (χ4v) is 3.06. The number of halogens is 2. The summed E-state index contributed by atoms with van der Waals surface area (Å²) in [6.45, 7) is 0. The zero-order valence-corrected chi connectivity index (χ0v) is 11.2. The highest BCUT2D eigenvalue weighted by Crippen LogP contribution is 2.31. The molecule has 0 aliphatic rings. The van der Waals surface area contributed by atoms with Gasteiger partial charge in [-0.25, -0.2) is 4.98 Å². The fourth-order valence-electron chi connectivity index (χ4n) is 1.76. The number of hydrogen-bond donors (Lipinski definition) is 1. The smallest absolute Gasteiger partial charge is 0.261 e. The molecule has 18 heavy (non-hydrogen) atoms. The molecule has 6 heteroatoms. The van der Waals surface area contributed by atoms with Gasteiger partial charge >= 0.3 is 0 Å². The Morgan fingerprint density at radius 3 is 2.61 bits per heavy atom. The average molecular weight is 297 g/mol. The fraction of sp³-hybridized carbons (Fsp3) is 0. The molecular formula is C12H6Cl2N2OS. The standard InChI is InChI=1S/C12H6Cl2N2OS/c13-7-3-1-6(2-4-7)8-5-18-11-9(8)10(17)15-12(14)16-11/h1-5H,(H,15,16,17). The Kier molecular flexibility index (Phi) is 2.86. The topological polar surface area (TPSA) is 45.8 Å². The number of nitrogens with zero attached hydrogens (tertiary/aromatic N) is 1. The Labute approximate surface area is 116 Å². The molecule has 0 amide bonds. The second-order valence-electron chi connectivity index (χ2n) is 3.69. The van der Waals surface area contributed by atoms with Crippen LogP contribution in [-0.2, 0) is 0 Å². The molecule has 90 valence electrons. The van der Waals surface area contributed by atoms with Gasteiger partial charge in [-0.3, -0.25) is 9.78 Å². The number of aromatic amines is 1. The molecule has 3 aromatic rings. The first-order chi connectivity index (χ1) is 8.65. The van der Waals surface area contributed by atoms with Crippen molar-refractivity contribution in [2.45, 2.75) is 0 Å². The van der Waals surface area contributed by atoms with Gasteiger partial charge in [-0.1, -0.05) is 23.7 Å². The van der Waals surface area contributed by atoms with E-state index in [1.807, 2.05) is 17.5 Å². The quantitative estimate of drug-likeness (QED) is 0.691. The lowest BCUT2D eigenvalue weighted by Crippen LogP contribution is -2.06. The summed E-state index contributed by atoms with van der Waals surface area (Å²) in [7, 11) is 0. The number of hydrogen-bond acceptors (Lipinski definition) is 3. The van der Waals surface area contributed by atoms with E-state index in [4.69, 9.17) is 23.2 Å². The molecule has 1 aromatic carbocycles. The minimum atomic E-state index is -0.226. The third kappa shape index (κ3) is 1.92. The van der Waals surface area contributed by atoms with Crippen molar-refractivity contribution in [3.05, 3.63) is 50.3 Å². The molecule has 0 radical (unpaired) electrons. The minimum absolute atomic E-state index is 0.108. The summed E-state index contributed by atoms with van der Waals surface area (Å²) < 4.78 is 0. The molecule has 1 N–H and O–H groups in total. The van der Waals surface area contributed by atoms with E-state index in [9.17, 15) is 4.79 Å². The third-order valence-corrected chi connectivity index (χ3v) is 3.87. The largest absolute Gasteiger partial charge is 0.297 e. The van der Waals surface area contributed by atoms with Gasteiger partial charge in [-0.05, 0) is 29.3 Å². The first-order valence-corrected chi connectivity index (χ1v) is 6.71. The molecular weight excluding hydrogens is 291 g/mol. The highest BCUT2D eigenvalue weighted by atomic mass is 35.5. The predicted molar refractivity (Wildman–Crippen MR) is 75.7 cm³/mol. The number of H-pyrrole nitrogens is 1. The van der Waals surface area contributed by atoms with Crippen LogP contribution >= 0.6 is 34.5 Å². The molecule has 0 aliphatic carbocycles. The molecule has 0 saturated heterocycles. The summed E-state index contributed by atoms with van der Waals surface area (Å²) in [5, 5.41) is 3.23. The van der Waals surface area contributed by atoms with E-state index in [2.05, 4.69) is 9.97 Å². The highest BCUT2D eigenvalue weighted by Gasteiger charge is 2.12. The number of aromatic nitrogens is 2. The first kappa shape index (κ1) is 11.7. The van der Waals surface area contributed by atoms with Crippen molar-refractivity contribution in [3.63, 3.8) is 0 Å². The van der Waals surface area contributed by atoms with E-state index >= 15 is 0 Å². The Hall–Kier alpha value is -1.36. The van der Waals surface area contributed by atoms with Crippen LogP contribution in [0.4, 0.5) is 0 Å². The third-order valence-electron chi connectivity index (χ3n) is 2.57. The molecule has 0 fully saturated rings. The van der Waals surface area contributed by atoms with Gasteiger partial charge in [0.05, 0.1) is 5.39 Å². The van der Waals surface area contributed by atoms with E-state index < -0.39 is 0 Å². The normalized spacial score (nSPS) is 11.0. The van der Waals surface area contributed by atoms with Crippen LogP contribution in [0.5, 0.6) is 0 Å². The van der Waals surface area contributed by atoms with E-state index in [-0.39, 0.29) is 10.8 Å². The number of nitrogens with one attached hydrogen (secondary N) is 1. The summed E-state index contributed by atoms with van der Waals surface area (Å²) in [6.07, 6.45) is 0. The second kappa shape index (κ2) is 4.39. The van der Waals surface area contributed by atoms with E-state index in [1.54, 1.807) is 12.1 Å². The summed E-state index contributed by atoms with van der Waals surface area (Å²) in [5.74, 6) is 0. The lowest BCUT2D eigenvalue weighted by atomic mass is 10.1. The molecule has 0 unspecified atom stereocenters. The first-order valence-electron chi connectivity index (χ1n) is 5.08. The van der Waals surface area contributed by atoms with Crippen LogP contribution in [-0.4, -0.2) is 9.97 Å². The molecule has 0 aliphatic heterocycles. The van der Waals surface area contributed by atoms with Gasteiger partial charge in [0.2, 0.25) is 5.28 Å². The number of benzene rings is 1. The van der Waals surface area contributed by atoms with Crippen LogP contribution in [0, 0.1) is 0 Å². The zero-order valence-electron chi connectivity index (χ0n) is 8.91. The van der Waals surface area contributed by atoms with Crippen molar-refractivity contribution < 1.29 is 0 Å². The van der Waals surface area contributed by atoms with Crippen molar-refractivity contribution in [2.75, 3.05) is 0 Å². The van der Waals surface area contributed by atoms with Gasteiger partial charge in [0.1, 0.15) is 4.83 Å². The van der Waals surface area contributed by atoms with Crippen molar-refractivity contribution in [2.24, 2.45) is 0 Å². The predicted octanol–water partition coefficient (Wildman–Crippen LogP) is 3.96. The summed E-state index contributed by atoms with van der Waals surface area (Å²) >= 11 is 13.0. The number of fused-ring (bicyclic) bond motifs is 1.